The van der Waals surface area contributed by atoms with E-state index in [2.05, 4.69) is 15.8 Å². The average molecular weight is 261 g/mol. The summed E-state index contributed by atoms with van der Waals surface area (Å²) in [7, 11) is 0. The first-order chi connectivity index (χ1) is 8.38. The first kappa shape index (κ1) is 12.3. The third kappa shape index (κ3) is 2.41. The Labute approximate surface area is 98.7 Å². The molecule has 2 amide bonds. The number of carbonyl (C=O) groups excluding carboxylic acids is 1. The Bertz CT molecular complexity index is 524. The predicted octanol–water partition coefficient (Wildman–Crippen LogP) is 1.86. The zero-order valence-corrected chi connectivity index (χ0v) is 8.81. The molecule has 8 heteroatoms. The van der Waals surface area contributed by atoms with Gasteiger partial charge in [-0.15, -0.1) is 0 Å². The maximum atomic E-state index is 13.0. The number of hydrogen-bond donors (Lipinski definition) is 2. The van der Waals surface area contributed by atoms with Gasteiger partial charge in [0.2, 0.25) is 0 Å². The van der Waals surface area contributed by atoms with Crippen LogP contribution in [0.2, 0.25) is 0 Å². The van der Waals surface area contributed by atoms with Crippen LogP contribution < -0.4 is 10.7 Å². The van der Waals surface area contributed by atoms with Crippen molar-refractivity contribution in [3.8, 4) is 0 Å². The van der Waals surface area contributed by atoms with E-state index in [0.717, 1.165) is 6.07 Å². The van der Waals surface area contributed by atoms with E-state index in [1.807, 2.05) is 0 Å². The van der Waals surface area contributed by atoms with Crippen LogP contribution in [0.4, 0.5) is 22.4 Å². The maximum absolute atomic E-state index is 13.0. The Balaban J connectivity index is 2.39. The second kappa shape index (κ2) is 4.28. The summed E-state index contributed by atoms with van der Waals surface area (Å²) in [5.74, 6) is -1.35. The first-order valence-corrected chi connectivity index (χ1v) is 4.85. The fourth-order valence-electron chi connectivity index (χ4n) is 1.45. The third-order valence-electron chi connectivity index (χ3n) is 2.31. The van der Waals surface area contributed by atoms with E-state index < -0.39 is 23.6 Å². The molecule has 0 aliphatic carbocycles. The summed E-state index contributed by atoms with van der Waals surface area (Å²) in [5, 5.41) is 5.95. The molecule has 1 heterocycles. The summed E-state index contributed by atoms with van der Waals surface area (Å²) < 4.78 is 50.5. The molecule has 0 unspecified atom stereocenters. The van der Waals surface area contributed by atoms with E-state index in [0.29, 0.717) is 6.07 Å². The molecule has 0 bridgehead atoms. The lowest BCUT2D eigenvalue weighted by atomic mass is 10.1. The molecular weight excluding hydrogens is 254 g/mol. The number of carbonyl (C=O) groups is 1. The van der Waals surface area contributed by atoms with Crippen LogP contribution in [0.1, 0.15) is 11.1 Å². The number of hydrogen-bond acceptors (Lipinski definition) is 2. The molecule has 18 heavy (non-hydrogen) atoms. The molecule has 2 rings (SSSR count). The molecule has 1 aliphatic rings. The molecule has 4 nitrogen and oxygen atoms in total. The zero-order valence-electron chi connectivity index (χ0n) is 8.81. The van der Waals surface area contributed by atoms with Crippen LogP contribution in [-0.2, 0) is 6.18 Å². The van der Waals surface area contributed by atoms with Crippen LogP contribution in [0.25, 0.3) is 0 Å². The molecule has 0 saturated heterocycles. The minimum atomic E-state index is -4.77. The van der Waals surface area contributed by atoms with Crippen molar-refractivity contribution in [2.24, 2.45) is 5.10 Å². The van der Waals surface area contributed by atoms with E-state index >= 15 is 0 Å². The van der Waals surface area contributed by atoms with Gasteiger partial charge < -0.3 is 5.32 Å². The monoisotopic (exact) mass is 261 g/mol. The van der Waals surface area contributed by atoms with Crippen molar-refractivity contribution in [2.45, 2.75) is 6.18 Å². The number of nitrogens with one attached hydrogen (secondary N) is 2. The van der Waals surface area contributed by atoms with Gasteiger partial charge in [0.1, 0.15) is 5.82 Å². The van der Waals surface area contributed by atoms with E-state index in [9.17, 15) is 22.4 Å². The highest BCUT2D eigenvalue weighted by atomic mass is 19.4. The third-order valence-corrected chi connectivity index (χ3v) is 2.31. The van der Waals surface area contributed by atoms with Crippen molar-refractivity contribution < 1.29 is 22.4 Å². The number of hydrazone groups is 1. The molecule has 96 valence electrons. The first-order valence-electron chi connectivity index (χ1n) is 4.85. The quantitative estimate of drug-likeness (QED) is 0.745. The Morgan fingerprint density at radius 1 is 1.28 bits per heavy atom. The van der Waals surface area contributed by atoms with Crippen LogP contribution in [0.5, 0.6) is 0 Å². The molecule has 0 fully saturated rings. The van der Waals surface area contributed by atoms with E-state index in [4.69, 9.17) is 0 Å². The van der Waals surface area contributed by atoms with Crippen molar-refractivity contribution in [3.05, 3.63) is 35.1 Å². The second-order valence-corrected chi connectivity index (χ2v) is 3.55. The van der Waals surface area contributed by atoms with Gasteiger partial charge in [0.05, 0.1) is 17.8 Å². The van der Waals surface area contributed by atoms with Gasteiger partial charge in [0.25, 0.3) is 0 Å². The van der Waals surface area contributed by atoms with Crippen LogP contribution >= 0.6 is 0 Å². The van der Waals surface area contributed by atoms with E-state index in [1.54, 1.807) is 0 Å². The van der Waals surface area contributed by atoms with Gasteiger partial charge in [0.15, 0.2) is 0 Å². The SMILES string of the molecule is O=C1NCC(c2ccc(F)c(C(F)(F)F)c2)=NN1. The number of benzene rings is 1. The predicted molar refractivity (Wildman–Crippen MR) is 54.5 cm³/mol. The van der Waals surface area contributed by atoms with Gasteiger partial charge in [-0.2, -0.15) is 18.3 Å². The summed E-state index contributed by atoms with van der Waals surface area (Å²) in [6, 6.07) is 2.00. The molecule has 0 radical (unpaired) electrons. The topological polar surface area (TPSA) is 53.5 Å². The molecular formula is C10H7F4N3O. The van der Waals surface area contributed by atoms with Crippen molar-refractivity contribution >= 4 is 11.7 Å². The van der Waals surface area contributed by atoms with Crippen molar-refractivity contribution in [1.29, 1.82) is 0 Å². The number of nitrogens with zero attached hydrogens (tertiary/aromatic N) is 1. The van der Waals surface area contributed by atoms with E-state index in [1.165, 1.54) is 6.07 Å². The summed E-state index contributed by atoms with van der Waals surface area (Å²) in [5.41, 5.74) is 0.993. The molecule has 0 aromatic heterocycles. The van der Waals surface area contributed by atoms with Crippen molar-refractivity contribution in [1.82, 2.24) is 10.7 Å². The minimum Gasteiger partial charge on any atom is -0.331 e. The zero-order chi connectivity index (χ0) is 13.3. The highest BCUT2D eigenvalue weighted by Crippen LogP contribution is 2.32. The number of halogens is 4. The summed E-state index contributed by atoms with van der Waals surface area (Å²) in [6.45, 7) is -0.0191. The Hall–Kier alpha value is -2.12. The largest absolute Gasteiger partial charge is 0.419 e. The molecule has 0 atom stereocenters. The average Bonchev–Trinajstić information content (AvgIpc) is 2.29. The van der Waals surface area contributed by atoms with Crippen LogP contribution in [0, 0.1) is 5.82 Å². The molecule has 1 aromatic rings. The second-order valence-electron chi connectivity index (χ2n) is 3.55. The van der Waals surface area contributed by atoms with Crippen LogP contribution in [-0.4, -0.2) is 18.3 Å². The van der Waals surface area contributed by atoms with Gasteiger partial charge in [-0.3, -0.25) is 0 Å². The standard InChI is InChI=1S/C10H7F4N3O/c11-7-2-1-5(3-6(7)10(12,13)14)8-4-15-9(18)17-16-8/h1-3H,4H2,(H2,15,17,18). The molecule has 1 aromatic carbocycles. The number of alkyl halides is 3. The number of amides is 2. The molecule has 0 saturated carbocycles. The van der Waals surface area contributed by atoms with Gasteiger partial charge in [-0.1, -0.05) is 6.07 Å². The van der Waals surface area contributed by atoms with Crippen molar-refractivity contribution in [3.63, 3.8) is 0 Å². The van der Waals surface area contributed by atoms with E-state index in [-0.39, 0.29) is 17.8 Å². The lowest BCUT2D eigenvalue weighted by Crippen LogP contribution is -2.42. The molecule has 0 spiro atoms. The minimum absolute atomic E-state index is 0.0191. The molecule has 1 aliphatic heterocycles. The van der Waals surface area contributed by atoms with Crippen LogP contribution in [0.15, 0.2) is 23.3 Å². The Morgan fingerprint density at radius 2 is 2.00 bits per heavy atom. The normalized spacial score (nSPS) is 15.8. The lowest BCUT2D eigenvalue weighted by molar-refractivity contribution is -0.140. The maximum Gasteiger partial charge on any atom is 0.419 e. The lowest BCUT2D eigenvalue weighted by Gasteiger charge is -2.15. The van der Waals surface area contributed by atoms with Crippen molar-refractivity contribution in [2.75, 3.05) is 6.54 Å². The van der Waals surface area contributed by atoms with Gasteiger partial charge in [-0.25, -0.2) is 14.6 Å². The number of rotatable bonds is 1. The summed E-state index contributed by atoms with van der Waals surface area (Å²) in [6.07, 6.45) is -4.77. The van der Waals surface area contributed by atoms with Gasteiger partial charge in [0, 0.05) is 5.56 Å². The number of urea groups is 1. The van der Waals surface area contributed by atoms with Gasteiger partial charge >= 0.3 is 12.2 Å². The Morgan fingerprint density at radius 3 is 2.56 bits per heavy atom. The highest BCUT2D eigenvalue weighted by molar-refractivity contribution is 6.05. The molecule has 2 N–H and O–H groups in total. The van der Waals surface area contributed by atoms with Crippen LogP contribution in [0.3, 0.4) is 0 Å². The highest BCUT2D eigenvalue weighted by Gasteiger charge is 2.34. The summed E-state index contributed by atoms with van der Waals surface area (Å²) in [4.78, 5) is 10.8. The fourth-order valence-corrected chi connectivity index (χ4v) is 1.45. The fraction of sp³-hybridized carbons (Fsp3) is 0.200. The summed E-state index contributed by atoms with van der Waals surface area (Å²) >= 11 is 0. The van der Waals surface area contributed by atoms with Gasteiger partial charge in [-0.05, 0) is 12.1 Å². The smallest absolute Gasteiger partial charge is 0.331 e. The Kier molecular flexibility index (Phi) is 2.93.